The van der Waals surface area contributed by atoms with E-state index in [2.05, 4.69) is 15.9 Å². The van der Waals surface area contributed by atoms with Crippen LogP contribution in [-0.2, 0) is 19.7 Å². The molecule has 1 aliphatic heterocycles. The van der Waals surface area contributed by atoms with Crippen LogP contribution in [0.4, 0.5) is 4.79 Å². The van der Waals surface area contributed by atoms with Crippen LogP contribution in [0.3, 0.4) is 0 Å². The zero-order valence-corrected chi connectivity index (χ0v) is 15.8. The van der Waals surface area contributed by atoms with Gasteiger partial charge in [0.2, 0.25) is 0 Å². The van der Waals surface area contributed by atoms with E-state index < -0.39 is 28.0 Å². The van der Waals surface area contributed by atoms with Crippen LogP contribution in [0.2, 0.25) is 0 Å². The summed E-state index contributed by atoms with van der Waals surface area (Å²) in [5.41, 5.74) is 0.160. The summed E-state index contributed by atoms with van der Waals surface area (Å²) >= 11 is 3.20. The highest BCUT2D eigenvalue weighted by Gasteiger charge is 2.27. The van der Waals surface area contributed by atoms with Gasteiger partial charge in [0.1, 0.15) is 10.5 Å². The maximum absolute atomic E-state index is 12.3. The number of rotatable bonds is 4. The van der Waals surface area contributed by atoms with Crippen molar-refractivity contribution in [3.8, 4) is 5.75 Å². The highest BCUT2D eigenvalue weighted by Crippen LogP contribution is 2.29. The quantitative estimate of drug-likeness (QED) is 0.417. The van der Waals surface area contributed by atoms with Crippen LogP contribution in [0.1, 0.15) is 5.56 Å². The normalized spacial score (nSPS) is 14.4. The first-order valence-corrected chi connectivity index (χ1v) is 9.64. The topological polar surface area (TPSA) is 119 Å². The van der Waals surface area contributed by atoms with Crippen LogP contribution in [0.5, 0.6) is 5.75 Å². The van der Waals surface area contributed by atoms with Gasteiger partial charge in [-0.05, 0) is 51.8 Å². The van der Waals surface area contributed by atoms with E-state index >= 15 is 0 Å². The van der Waals surface area contributed by atoms with Gasteiger partial charge in [-0.1, -0.05) is 24.3 Å². The lowest BCUT2D eigenvalue weighted by Crippen LogP contribution is -2.51. The number of benzene rings is 2. The summed E-state index contributed by atoms with van der Waals surface area (Å²) in [5.74, 6) is -1.62. The number of imide groups is 2. The van der Waals surface area contributed by atoms with Crippen molar-refractivity contribution in [2.75, 3.05) is 0 Å². The molecule has 4 amide bonds. The second-order valence-electron chi connectivity index (χ2n) is 5.34. The summed E-state index contributed by atoms with van der Waals surface area (Å²) in [7, 11) is -4.01. The summed E-state index contributed by atoms with van der Waals surface area (Å²) in [4.78, 5) is 34.5. The molecule has 1 fully saturated rings. The van der Waals surface area contributed by atoms with E-state index in [9.17, 15) is 22.8 Å². The second kappa shape index (κ2) is 7.33. The van der Waals surface area contributed by atoms with Crippen molar-refractivity contribution in [1.29, 1.82) is 0 Å². The fourth-order valence-electron chi connectivity index (χ4n) is 2.20. The van der Waals surface area contributed by atoms with Crippen molar-refractivity contribution in [3.63, 3.8) is 0 Å². The molecule has 10 heteroatoms. The van der Waals surface area contributed by atoms with E-state index in [4.69, 9.17) is 4.18 Å². The maximum atomic E-state index is 12.3. The first-order valence-electron chi connectivity index (χ1n) is 7.44. The third-order valence-electron chi connectivity index (χ3n) is 3.44. The molecule has 1 aliphatic rings. The molecule has 1 heterocycles. The summed E-state index contributed by atoms with van der Waals surface area (Å²) in [6.07, 6.45) is 1.26. The van der Waals surface area contributed by atoms with Crippen LogP contribution in [0.15, 0.2) is 63.5 Å². The molecule has 0 aliphatic carbocycles. The SMILES string of the molecule is O=C1NC(=O)C(=Cc2ccc(OS(=O)(=O)c3ccccc3)c(Br)c2)C(=O)N1. The summed E-state index contributed by atoms with van der Waals surface area (Å²) in [5, 5.41) is 3.92. The number of carbonyl (C=O) groups is 3. The lowest BCUT2D eigenvalue weighted by atomic mass is 10.1. The molecule has 1 saturated heterocycles. The molecule has 2 aromatic carbocycles. The van der Waals surface area contributed by atoms with E-state index in [1.807, 2.05) is 10.6 Å². The Labute approximate surface area is 162 Å². The standard InChI is InChI=1S/C17H11BrN2O6S/c18-13-9-10(8-12-15(21)19-17(23)20-16(12)22)6-7-14(13)26-27(24,25)11-4-2-1-3-5-11/h1-9H,(H2,19,20,21,22,23). The molecule has 0 saturated carbocycles. The first kappa shape index (κ1) is 18.8. The van der Waals surface area contributed by atoms with Gasteiger partial charge in [-0.25, -0.2) is 4.79 Å². The lowest BCUT2D eigenvalue weighted by Gasteiger charge is -2.14. The Morgan fingerprint density at radius 2 is 1.56 bits per heavy atom. The number of hydrogen-bond donors (Lipinski definition) is 2. The van der Waals surface area contributed by atoms with Crippen molar-refractivity contribution in [2.45, 2.75) is 4.90 Å². The number of nitrogens with one attached hydrogen (secondary N) is 2. The van der Waals surface area contributed by atoms with Crippen molar-refractivity contribution < 1.29 is 27.0 Å². The van der Waals surface area contributed by atoms with Crippen molar-refractivity contribution >= 4 is 50.0 Å². The Bertz CT molecular complexity index is 1060. The zero-order chi connectivity index (χ0) is 19.6. The Kier molecular flexibility index (Phi) is 5.10. The predicted molar refractivity (Wildman–Crippen MR) is 98.1 cm³/mol. The van der Waals surface area contributed by atoms with Gasteiger partial charge in [-0.3, -0.25) is 20.2 Å². The molecule has 0 atom stereocenters. The van der Waals surface area contributed by atoms with Crippen molar-refractivity contribution in [3.05, 3.63) is 64.1 Å². The van der Waals surface area contributed by atoms with Gasteiger partial charge in [0.25, 0.3) is 11.8 Å². The molecule has 27 heavy (non-hydrogen) atoms. The van der Waals surface area contributed by atoms with Gasteiger partial charge in [-0.2, -0.15) is 8.42 Å². The number of hydrogen-bond acceptors (Lipinski definition) is 6. The monoisotopic (exact) mass is 450 g/mol. The smallest absolute Gasteiger partial charge is 0.339 e. The van der Waals surface area contributed by atoms with E-state index in [0.29, 0.717) is 10.0 Å². The van der Waals surface area contributed by atoms with Crippen molar-refractivity contribution in [2.24, 2.45) is 0 Å². The zero-order valence-electron chi connectivity index (χ0n) is 13.4. The van der Waals surface area contributed by atoms with E-state index in [0.717, 1.165) is 0 Å². The Morgan fingerprint density at radius 3 is 2.15 bits per heavy atom. The largest absolute Gasteiger partial charge is 0.378 e. The van der Waals surface area contributed by atoms with Gasteiger partial charge in [0.05, 0.1) is 4.47 Å². The van der Waals surface area contributed by atoms with Gasteiger partial charge < -0.3 is 4.18 Å². The maximum Gasteiger partial charge on any atom is 0.339 e. The van der Waals surface area contributed by atoms with Crippen LogP contribution in [0.25, 0.3) is 6.08 Å². The molecule has 138 valence electrons. The molecular weight excluding hydrogens is 440 g/mol. The highest BCUT2D eigenvalue weighted by atomic mass is 79.9. The van der Waals surface area contributed by atoms with E-state index in [1.54, 1.807) is 18.2 Å². The number of amides is 4. The number of barbiturate groups is 1. The van der Waals surface area contributed by atoms with Crippen molar-refractivity contribution in [1.82, 2.24) is 10.6 Å². The Morgan fingerprint density at radius 1 is 0.926 bits per heavy atom. The van der Waals surface area contributed by atoms with E-state index in [-0.39, 0.29) is 16.2 Å². The minimum Gasteiger partial charge on any atom is -0.378 e. The summed E-state index contributed by atoms with van der Waals surface area (Å²) < 4.78 is 30.0. The number of urea groups is 1. The van der Waals surface area contributed by atoms with Gasteiger partial charge in [0.15, 0.2) is 5.75 Å². The molecule has 2 aromatic rings. The second-order valence-corrected chi connectivity index (χ2v) is 7.74. The molecule has 2 N–H and O–H groups in total. The lowest BCUT2D eigenvalue weighted by molar-refractivity contribution is -0.123. The molecule has 3 rings (SSSR count). The fraction of sp³-hybridized carbons (Fsp3) is 0. The average molecular weight is 451 g/mol. The third-order valence-corrected chi connectivity index (χ3v) is 5.31. The number of halogens is 1. The molecule has 8 nitrogen and oxygen atoms in total. The highest BCUT2D eigenvalue weighted by molar-refractivity contribution is 9.10. The molecule has 0 unspecified atom stereocenters. The fourth-order valence-corrected chi connectivity index (χ4v) is 3.75. The third kappa shape index (κ3) is 4.23. The van der Waals surface area contributed by atoms with Gasteiger partial charge >= 0.3 is 16.1 Å². The van der Waals surface area contributed by atoms with Crippen LogP contribution < -0.4 is 14.8 Å². The minimum absolute atomic E-state index is 0.00306. The van der Waals surface area contributed by atoms with Crippen LogP contribution in [0, 0.1) is 0 Å². The summed E-state index contributed by atoms with van der Waals surface area (Å²) in [6.45, 7) is 0. The first-order chi connectivity index (χ1) is 12.8. The molecular formula is C17H11BrN2O6S. The van der Waals surface area contributed by atoms with Crippen LogP contribution in [-0.4, -0.2) is 26.3 Å². The molecule has 0 spiro atoms. The molecule has 0 radical (unpaired) electrons. The molecule has 0 bridgehead atoms. The van der Waals surface area contributed by atoms with Gasteiger partial charge in [0, 0.05) is 0 Å². The van der Waals surface area contributed by atoms with E-state index in [1.165, 1.54) is 36.4 Å². The summed E-state index contributed by atoms with van der Waals surface area (Å²) in [6, 6.07) is 11.1. The average Bonchev–Trinajstić information content (AvgIpc) is 2.61. The number of carbonyl (C=O) groups excluding carboxylic acids is 3. The van der Waals surface area contributed by atoms with Gasteiger partial charge in [-0.15, -0.1) is 0 Å². The Hall–Kier alpha value is -2.98. The Balaban J connectivity index is 1.86. The minimum atomic E-state index is -4.01. The van der Waals surface area contributed by atoms with Crippen LogP contribution >= 0.6 is 15.9 Å². The molecule has 0 aromatic heterocycles. The predicted octanol–water partition coefficient (Wildman–Crippen LogP) is 1.97.